The average Bonchev–Trinajstić information content (AvgIpc) is 3.51. The normalized spacial score (nSPS) is 11.8. The molecule has 0 radical (unpaired) electrons. The summed E-state index contributed by atoms with van der Waals surface area (Å²) in [6.07, 6.45) is 0. The highest BCUT2D eigenvalue weighted by molar-refractivity contribution is 6.11. The zero-order chi connectivity index (χ0) is 54.6. The highest BCUT2D eigenvalue weighted by Crippen LogP contribution is 2.55. The molecule has 8 aromatic rings. The van der Waals surface area contributed by atoms with Gasteiger partial charge < -0.3 is 49.3 Å². The number of aliphatic hydroxyl groups is 2. The van der Waals surface area contributed by atoms with Gasteiger partial charge in [-0.1, -0.05) is 210 Å². The molecule has 0 heterocycles. The summed E-state index contributed by atoms with van der Waals surface area (Å²) in [5.74, 6) is -0.950. The minimum absolute atomic E-state index is 0.000395. The third-order valence-electron chi connectivity index (χ3n) is 13.2. The number of hydrogen-bond acceptors (Lipinski definition) is 10. The molecule has 2 amide bonds. The summed E-state index contributed by atoms with van der Waals surface area (Å²) in [5, 5.41) is 27.7. The van der Waals surface area contributed by atoms with Gasteiger partial charge in [0.25, 0.3) is 11.8 Å². The van der Waals surface area contributed by atoms with Crippen molar-refractivity contribution in [3.8, 4) is 45.6 Å². The van der Waals surface area contributed by atoms with Crippen molar-refractivity contribution in [2.24, 2.45) is 11.8 Å². The predicted octanol–water partition coefficient (Wildman–Crippen LogP) is 12.3. The summed E-state index contributed by atoms with van der Waals surface area (Å²) < 4.78 is 41.7. The van der Waals surface area contributed by atoms with Crippen LogP contribution in [0.15, 0.2) is 194 Å². The summed E-state index contributed by atoms with van der Waals surface area (Å²) in [6, 6.07) is 59.4. The second-order valence-electron chi connectivity index (χ2n) is 19.6. The molecule has 0 aliphatic carbocycles. The second-order valence-corrected chi connectivity index (χ2v) is 19.6. The molecular weight excluding hydrogens is 981 g/mol. The van der Waals surface area contributed by atoms with Gasteiger partial charge >= 0.3 is 0 Å². The van der Waals surface area contributed by atoms with Crippen molar-refractivity contribution in [1.82, 2.24) is 10.6 Å². The van der Waals surface area contributed by atoms with E-state index in [0.717, 1.165) is 33.4 Å². The van der Waals surface area contributed by atoms with Crippen LogP contribution in [0.3, 0.4) is 0 Å². The van der Waals surface area contributed by atoms with Gasteiger partial charge in [0.1, 0.15) is 39.6 Å². The smallest absolute Gasteiger partial charge is 0.252 e. The van der Waals surface area contributed by atoms with Crippen LogP contribution >= 0.6 is 0 Å². The van der Waals surface area contributed by atoms with Crippen LogP contribution < -0.4 is 39.1 Å². The standard InChI is InChI=1S/C66H68N2O10/c1-45(2)55(37-69)67-65(71)53-35-57(73-39-47-23-11-5-12-24-47)61(75-41-49-27-15-7-16-28-49)63(77-43-51-31-19-9-20-32-51)59(53)60-54(66(72)68-56(38-70)46(3)4)36-58(74-40-48-25-13-6-14-26-48)62(76-42-50-29-17-8-18-30-50)64(60)78-44-52-33-21-10-22-34-52/h5-36,45-46,55-56,69-70H,37-44H2,1-4H3,(H,67,71)(H,68,72)/t55-,56-/m1/s1. The van der Waals surface area contributed by atoms with Crippen LogP contribution in [0.5, 0.6) is 34.5 Å². The van der Waals surface area contributed by atoms with E-state index in [-0.39, 0.29) is 121 Å². The van der Waals surface area contributed by atoms with E-state index in [1.165, 1.54) is 0 Å². The number of carbonyl (C=O) groups excluding carboxylic acids is 2. The van der Waals surface area contributed by atoms with Crippen LogP contribution in [0.2, 0.25) is 0 Å². The molecule has 12 heteroatoms. The maximum absolute atomic E-state index is 15.7. The Hall–Kier alpha value is -8.58. The van der Waals surface area contributed by atoms with Gasteiger partial charge in [0.05, 0.1) is 36.4 Å². The number of aliphatic hydroxyl groups excluding tert-OH is 2. The van der Waals surface area contributed by atoms with Gasteiger partial charge in [-0.25, -0.2) is 0 Å². The molecule has 0 saturated carbocycles. The van der Waals surface area contributed by atoms with Crippen LogP contribution in [0.25, 0.3) is 11.1 Å². The Kier molecular flexibility index (Phi) is 20.0. The van der Waals surface area contributed by atoms with Gasteiger partial charge in [-0.15, -0.1) is 0 Å². The van der Waals surface area contributed by atoms with Crippen molar-refractivity contribution >= 4 is 11.8 Å². The van der Waals surface area contributed by atoms with Gasteiger partial charge in [-0.2, -0.15) is 0 Å². The lowest BCUT2D eigenvalue weighted by Gasteiger charge is -2.28. The first kappa shape index (κ1) is 55.6. The summed E-state index contributed by atoms with van der Waals surface area (Å²) in [5.41, 5.74) is 5.12. The van der Waals surface area contributed by atoms with Crippen molar-refractivity contribution in [1.29, 1.82) is 0 Å². The third-order valence-corrected chi connectivity index (χ3v) is 13.2. The molecule has 0 saturated heterocycles. The molecule has 8 aromatic carbocycles. The van der Waals surface area contributed by atoms with Crippen molar-refractivity contribution in [2.75, 3.05) is 13.2 Å². The maximum Gasteiger partial charge on any atom is 0.252 e. The predicted molar refractivity (Wildman–Crippen MR) is 303 cm³/mol. The highest BCUT2D eigenvalue weighted by Gasteiger charge is 2.36. The van der Waals surface area contributed by atoms with Gasteiger partial charge in [0, 0.05) is 11.1 Å². The van der Waals surface area contributed by atoms with E-state index in [4.69, 9.17) is 28.4 Å². The zero-order valence-electron chi connectivity index (χ0n) is 44.6. The Bertz CT molecular complexity index is 2930. The molecule has 0 bridgehead atoms. The number of amides is 2. The van der Waals surface area contributed by atoms with E-state index in [0.29, 0.717) is 0 Å². The first-order valence-corrected chi connectivity index (χ1v) is 26.4. The quantitative estimate of drug-likeness (QED) is 0.0391. The topological polar surface area (TPSA) is 154 Å². The lowest BCUT2D eigenvalue weighted by atomic mass is 9.90. The van der Waals surface area contributed by atoms with E-state index in [1.54, 1.807) is 12.1 Å². The Morgan fingerprint density at radius 2 is 0.590 bits per heavy atom. The fourth-order valence-corrected chi connectivity index (χ4v) is 8.58. The molecule has 402 valence electrons. The SMILES string of the molecule is CC(C)[C@@H](CO)NC(=O)c1cc(OCc2ccccc2)c(OCc2ccccc2)c(OCc2ccccc2)c1-c1c(C(=O)N[C@H](CO)C(C)C)cc(OCc2ccccc2)c(OCc2ccccc2)c1OCc1ccccc1. The molecular formula is C66H68N2O10. The van der Waals surface area contributed by atoms with Crippen LogP contribution in [0.4, 0.5) is 0 Å². The van der Waals surface area contributed by atoms with Crippen molar-refractivity contribution in [3.63, 3.8) is 0 Å². The molecule has 0 fully saturated rings. The van der Waals surface area contributed by atoms with E-state index >= 15 is 9.59 Å². The Labute approximate surface area is 457 Å². The van der Waals surface area contributed by atoms with Gasteiger partial charge in [0.2, 0.25) is 11.5 Å². The van der Waals surface area contributed by atoms with Gasteiger partial charge in [0.15, 0.2) is 23.0 Å². The first-order valence-electron chi connectivity index (χ1n) is 26.4. The Morgan fingerprint density at radius 1 is 0.359 bits per heavy atom. The molecule has 78 heavy (non-hydrogen) atoms. The summed E-state index contributed by atoms with van der Waals surface area (Å²) in [7, 11) is 0. The fourth-order valence-electron chi connectivity index (χ4n) is 8.58. The number of carbonyl (C=O) groups is 2. The monoisotopic (exact) mass is 1050 g/mol. The number of benzene rings is 8. The molecule has 4 N–H and O–H groups in total. The van der Waals surface area contributed by atoms with E-state index in [9.17, 15) is 10.2 Å². The second kappa shape index (κ2) is 28.0. The molecule has 2 atom stereocenters. The molecule has 0 aliphatic heterocycles. The van der Waals surface area contributed by atoms with Gasteiger partial charge in [-0.3, -0.25) is 9.59 Å². The zero-order valence-corrected chi connectivity index (χ0v) is 44.6. The Morgan fingerprint density at radius 3 is 0.821 bits per heavy atom. The lowest BCUT2D eigenvalue weighted by Crippen LogP contribution is -2.42. The molecule has 0 spiro atoms. The molecule has 12 nitrogen and oxygen atoms in total. The summed E-state index contributed by atoms with van der Waals surface area (Å²) >= 11 is 0. The Balaban J connectivity index is 1.51. The van der Waals surface area contributed by atoms with Crippen LogP contribution in [-0.4, -0.2) is 47.3 Å². The largest absolute Gasteiger partial charge is 0.485 e. The highest BCUT2D eigenvalue weighted by atomic mass is 16.6. The number of rotatable bonds is 27. The van der Waals surface area contributed by atoms with Gasteiger partial charge in [-0.05, 0) is 57.3 Å². The van der Waals surface area contributed by atoms with Crippen LogP contribution in [-0.2, 0) is 39.6 Å². The minimum atomic E-state index is -0.701. The number of ether oxygens (including phenoxy) is 6. The maximum atomic E-state index is 15.7. The fraction of sp³-hybridized carbons (Fsp3) is 0.242. The van der Waals surface area contributed by atoms with Crippen LogP contribution in [0.1, 0.15) is 81.8 Å². The van der Waals surface area contributed by atoms with Crippen molar-refractivity contribution in [2.45, 2.75) is 79.4 Å². The lowest BCUT2D eigenvalue weighted by molar-refractivity contribution is 0.0887. The minimum Gasteiger partial charge on any atom is -0.485 e. The van der Waals surface area contributed by atoms with E-state index in [2.05, 4.69) is 10.6 Å². The number of hydrogen-bond donors (Lipinski definition) is 4. The van der Waals surface area contributed by atoms with Crippen LogP contribution in [0, 0.1) is 11.8 Å². The van der Waals surface area contributed by atoms with E-state index < -0.39 is 23.9 Å². The molecule has 0 aromatic heterocycles. The molecule has 0 aliphatic rings. The first-order chi connectivity index (χ1) is 38.1. The van der Waals surface area contributed by atoms with Crippen molar-refractivity contribution < 1.29 is 48.2 Å². The third kappa shape index (κ3) is 14.9. The molecule has 8 rings (SSSR count). The van der Waals surface area contributed by atoms with E-state index in [1.807, 2.05) is 210 Å². The summed E-state index contributed by atoms with van der Waals surface area (Å²) in [6.45, 7) is 7.07. The average molecular weight is 1050 g/mol. The molecule has 0 unspecified atom stereocenters. The summed E-state index contributed by atoms with van der Waals surface area (Å²) in [4.78, 5) is 31.3. The van der Waals surface area contributed by atoms with Crippen molar-refractivity contribution in [3.05, 3.63) is 239 Å². The number of nitrogens with one attached hydrogen (secondary N) is 2.